The van der Waals surface area contributed by atoms with Gasteiger partial charge in [0.25, 0.3) is 0 Å². The number of nitrogens with zero attached hydrogens (tertiary/aromatic N) is 5. The van der Waals surface area contributed by atoms with Crippen molar-refractivity contribution in [3.8, 4) is 0 Å². The minimum absolute atomic E-state index is 0.535. The van der Waals surface area contributed by atoms with Crippen LogP contribution in [0, 0.1) is 6.92 Å². The fourth-order valence-corrected chi connectivity index (χ4v) is 1.17. The van der Waals surface area contributed by atoms with Crippen molar-refractivity contribution in [3.05, 3.63) is 23.9 Å². The second-order valence-corrected chi connectivity index (χ2v) is 3.14. The third kappa shape index (κ3) is 2.38. The van der Waals surface area contributed by atoms with Gasteiger partial charge in [0, 0.05) is 7.05 Å². The summed E-state index contributed by atoms with van der Waals surface area (Å²) in [6.45, 7) is 2.95. The van der Waals surface area contributed by atoms with Gasteiger partial charge in [-0.05, 0) is 6.92 Å². The van der Waals surface area contributed by atoms with E-state index in [4.69, 9.17) is 4.52 Å². The lowest BCUT2D eigenvalue weighted by molar-refractivity contribution is 0.363. The molecule has 2 aromatic heterocycles. The van der Waals surface area contributed by atoms with Gasteiger partial charge in [-0.2, -0.15) is 10.1 Å². The van der Waals surface area contributed by atoms with E-state index in [-0.39, 0.29) is 0 Å². The summed E-state index contributed by atoms with van der Waals surface area (Å²) in [5.41, 5.74) is 0. The van der Waals surface area contributed by atoms with Crippen LogP contribution >= 0.6 is 0 Å². The number of nitrogens with one attached hydrogen (secondary N) is 1. The maximum Gasteiger partial charge on any atom is 0.240 e. The number of aromatic nitrogens is 5. The van der Waals surface area contributed by atoms with Crippen LogP contribution in [0.25, 0.3) is 0 Å². The first-order valence-electron chi connectivity index (χ1n) is 4.58. The van der Waals surface area contributed by atoms with Crippen LogP contribution in [0.4, 0.5) is 0 Å². The Balaban J connectivity index is 1.83. The first-order chi connectivity index (χ1) is 7.25. The fraction of sp³-hybridized carbons (Fsp3) is 0.500. The van der Waals surface area contributed by atoms with Gasteiger partial charge in [0.15, 0.2) is 5.82 Å². The zero-order chi connectivity index (χ0) is 10.7. The van der Waals surface area contributed by atoms with Crippen LogP contribution in [0.1, 0.15) is 17.5 Å². The Morgan fingerprint density at radius 3 is 2.93 bits per heavy atom. The summed E-state index contributed by atoms with van der Waals surface area (Å²) in [6.07, 6.45) is 1.52. The molecule has 1 N–H and O–H groups in total. The van der Waals surface area contributed by atoms with Gasteiger partial charge in [-0.15, -0.1) is 0 Å². The molecule has 0 bridgehead atoms. The molecule has 0 aliphatic carbocycles. The SMILES string of the molecule is Cc1noc(CNCc2ncnn2C)n1. The molecular formula is C8H12N6O. The lowest BCUT2D eigenvalue weighted by Gasteiger charge is -2.00. The molecule has 7 nitrogen and oxygen atoms in total. The monoisotopic (exact) mass is 208 g/mol. The van der Waals surface area contributed by atoms with E-state index < -0.39 is 0 Å². The minimum atomic E-state index is 0.535. The summed E-state index contributed by atoms with van der Waals surface area (Å²) < 4.78 is 6.66. The highest BCUT2D eigenvalue weighted by Crippen LogP contribution is 1.96. The zero-order valence-electron chi connectivity index (χ0n) is 8.64. The summed E-state index contributed by atoms with van der Waals surface area (Å²) >= 11 is 0. The maximum absolute atomic E-state index is 4.95. The van der Waals surface area contributed by atoms with Crippen LogP contribution in [-0.4, -0.2) is 24.9 Å². The van der Waals surface area contributed by atoms with E-state index in [1.807, 2.05) is 7.05 Å². The standard InChI is InChI=1S/C8H12N6O/c1-6-12-8(15-13-6)4-9-3-7-10-5-11-14(7)2/h5,9H,3-4H2,1-2H3. The second kappa shape index (κ2) is 4.18. The van der Waals surface area contributed by atoms with Crippen molar-refractivity contribution in [1.82, 2.24) is 30.2 Å². The molecule has 80 valence electrons. The molecule has 15 heavy (non-hydrogen) atoms. The average Bonchev–Trinajstić information content (AvgIpc) is 2.77. The molecule has 2 rings (SSSR count). The Morgan fingerprint density at radius 1 is 1.47 bits per heavy atom. The van der Waals surface area contributed by atoms with E-state index in [1.54, 1.807) is 11.6 Å². The third-order valence-corrected chi connectivity index (χ3v) is 1.93. The smallest absolute Gasteiger partial charge is 0.240 e. The van der Waals surface area contributed by atoms with Gasteiger partial charge in [-0.3, -0.25) is 4.68 Å². The van der Waals surface area contributed by atoms with Crippen molar-refractivity contribution in [1.29, 1.82) is 0 Å². The number of rotatable bonds is 4. The third-order valence-electron chi connectivity index (χ3n) is 1.93. The molecule has 0 amide bonds. The lowest BCUT2D eigenvalue weighted by Crippen LogP contribution is -2.16. The van der Waals surface area contributed by atoms with Gasteiger partial charge < -0.3 is 9.84 Å². The molecule has 0 aliphatic rings. The Morgan fingerprint density at radius 2 is 2.33 bits per heavy atom. The van der Waals surface area contributed by atoms with E-state index in [1.165, 1.54) is 6.33 Å². The maximum atomic E-state index is 4.95. The highest BCUT2D eigenvalue weighted by molar-refractivity contribution is 4.85. The number of hydrogen-bond acceptors (Lipinski definition) is 6. The summed E-state index contributed by atoms with van der Waals surface area (Å²) in [4.78, 5) is 8.14. The molecule has 0 aromatic carbocycles. The average molecular weight is 208 g/mol. The molecule has 0 saturated carbocycles. The first-order valence-corrected chi connectivity index (χ1v) is 4.58. The van der Waals surface area contributed by atoms with Crippen LogP contribution in [0.2, 0.25) is 0 Å². The quantitative estimate of drug-likeness (QED) is 0.749. The Labute approximate surface area is 86.5 Å². The van der Waals surface area contributed by atoms with E-state index in [0.717, 1.165) is 5.82 Å². The predicted octanol–water partition coefficient (Wildman–Crippen LogP) is -0.204. The van der Waals surface area contributed by atoms with Crippen molar-refractivity contribution in [2.75, 3.05) is 0 Å². The van der Waals surface area contributed by atoms with Gasteiger partial charge in [0.1, 0.15) is 12.2 Å². The van der Waals surface area contributed by atoms with Crippen molar-refractivity contribution < 1.29 is 4.52 Å². The molecule has 0 radical (unpaired) electrons. The van der Waals surface area contributed by atoms with Crippen LogP contribution in [0.15, 0.2) is 10.9 Å². The zero-order valence-corrected chi connectivity index (χ0v) is 8.64. The van der Waals surface area contributed by atoms with Crippen molar-refractivity contribution in [2.45, 2.75) is 20.0 Å². The highest BCUT2D eigenvalue weighted by Gasteiger charge is 2.03. The van der Waals surface area contributed by atoms with E-state index in [2.05, 4.69) is 25.5 Å². The summed E-state index contributed by atoms with van der Waals surface area (Å²) in [6, 6.07) is 0. The highest BCUT2D eigenvalue weighted by atomic mass is 16.5. The van der Waals surface area contributed by atoms with Crippen LogP contribution < -0.4 is 5.32 Å². The molecule has 0 unspecified atom stereocenters. The fourth-order valence-electron chi connectivity index (χ4n) is 1.17. The van der Waals surface area contributed by atoms with Gasteiger partial charge in [0.05, 0.1) is 13.1 Å². The molecule has 0 atom stereocenters. The Kier molecular flexibility index (Phi) is 2.72. The van der Waals surface area contributed by atoms with Crippen LogP contribution in [0.5, 0.6) is 0 Å². The first kappa shape index (κ1) is 9.78. The largest absolute Gasteiger partial charge is 0.338 e. The van der Waals surface area contributed by atoms with Crippen molar-refractivity contribution in [3.63, 3.8) is 0 Å². The molecular weight excluding hydrogens is 196 g/mol. The predicted molar refractivity (Wildman–Crippen MR) is 50.6 cm³/mol. The van der Waals surface area contributed by atoms with Gasteiger partial charge in [-0.1, -0.05) is 5.16 Å². The molecule has 7 heteroatoms. The summed E-state index contributed by atoms with van der Waals surface area (Å²) in [5.74, 6) is 2.09. The Bertz CT molecular complexity index is 434. The van der Waals surface area contributed by atoms with Crippen molar-refractivity contribution >= 4 is 0 Å². The summed E-state index contributed by atoms with van der Waals surface area (Å²) in [5, 5.41) is 10.8. The summed E-state index contributed by atoms with van der Waals surface area (Å²) in [7, 11) is 1.85. The van der Waals surface area contributed by atoms with Gasteiger partial charge in [0.2, 0.25) is 5.89 Å². The molecule has 2 aromatic rings. The minimum Gasteiger partial charge on any atom is -0.338 e. The Hall–Kier alpha value is -1.76. The molecule has 2 heterocycles. The van der Waals surface area contributed by atoms with E-state index >= 15 is 0 Å². The number of hydrogen-bond donors (Lipinski definition) is 1. The van der Waals surface area contributed by atoms with Gasteiger partial charge >= 0.3 is 0 Å². The van der Waals surface area contributed by atoms with Crippen molar-refractivity contribution in [2.24, 2.45) is 7.05 Å². The van der Waals surface area contributed by atoms with E-state index in [9.17, 15) is 0 Å². The van der Waals surface area contributed by atoms with Crippen LogP contribution in [0.3, 0.4) is 0 Å². The second-order valence-electron chi connectivity index (χ2n) is 3.14. The molecule has 0 spiro atoms. The normalized spacial score (nSPS) is 10.8. The number of aryl methyl sites for hydroxylation is 2. The molecule has 0 fully saturated rings. The van der Waals surface area contributed by atoms with Crippen LogP contribution in [-0.2, 0) is 20.1 Å². The van der Waals surface area contributed by atoms with Gasteiger partial charge in [-0.25, -0.2) is 4.98 Å². The molecule has 0 aliphatic heterocycles. The lowest BCUT2D eigenvalue weighted by atomic mass is 10.5. The van der Waals surface area contributed by atoms with E-state index in [0.29, 0.717) is 24.8 Å². The topological polar surface area (TPSA) is 81.7 Å². The molecule has 0 saturated heterocycles.